The van der Waals surface area contributed by atoms with Crippen LogP contribution in [-0.2, 0) is 14.3 Å². The lowest BCUT2D eigenvalue weighted by molar-refractivity contribution is -0.148. The number of aliphatic hydroxyl groups excluding tert-OH is 1. The van der Waals surface area contributed by atoms with Gasteiger partial charge in [0.1, 0.15) is 0 Å². The summed E-state index contributed by atoms with van der Waals surface area (Å²) in [5.74, 6) is -0.862. The quantitative estimate of drug-likeness (QED) is 0.449. The Morgan fingerprint density at radius 3 is 2.57 bits per heavy atom. The molecule has 0 aliphatic heterocycles. The summed E-state index contributed by atoms with van der Waals surface area (Å²) in [6.07, 6.45) is 4.66. The van der Waals surface area contributed by atoms with Gasteiger partial charge in [-0.3, -0.25) is 9.59 Å². The fourth-order valence-corrected chi connectivity index (χ4v) is 3.05. The SMILES string of the molecule is COC(=O)C1CC(N)C(CCCCCCNC(C)=O)C1O. The van der Waals surface area contributed by atoms with Crippen LogP contribution in [-0.4, -0.2) is 42.8 Å². The summed E-state index contributed by atoms with van der Waals surface area (Å²) in [6.45, 7) is 2.23. The van der Waals surface area contributed by atoms with Gasteiger partial charge in [0.05, 0.1) is 19.1 Å². The summed E-state index contributed by atoms with van der Waals surface area (Å²) in [6, 6.07) is -0.136. The molecule has 0 bridgehead atoms. The van der Waals surface area contributed by atoms with Gasteiger partial charge in [-0.1, -0.05) is 19.3 Å². The Hall–Kier alpha value is -1.14. The lowest BCUT2D eigenvalue weighted by atomic mass is 9.93. The molecule has 0 saturated heterocycles. The molecule has 0 spiro atoms. The van der Waals surface area contributed by atoms with E-state index in [1.54, 1.807) is 0 Å². The monoisotopic (exact) mass is 300 g/mol. The minimum Gasteiger partial charge on any atom is -0.469 e. The maximum atomic E-state index is 11.5. The van der Waals surface area contributed by atoms with E-state index in [1.807, 2.05) is 0 Å². The van der Waals surface area contributed by atoms with Crippen molar-refractivity contribution < 1.29 is 19.4 Å². The molecule has 1 aliphatic rings. The predicted molar refractivity (Wildman–Crippen MR) is 79.4 cm³/mol. The van der Waals surface area contributed by atoms with Gasteiger partial charge in [0, 0.05) is 25.4 Å². The van der Waals surface area contributed by atoms with Crippen molar-refractivity contribution in [1.82, 2.24) is 5.32 Å². The number of ether oxygens (including phenoxy) is 1. The second-order valence-electron chi connectivity index (χ2n) is 5.87. The number of esters is 1. The highest BCUT2D eigenvalue weighted by molar-refractivity contribution is 5.73. The number of unbranched alkanes of at least 4 members (excludes halogenated alkanes) is 3. The van der Waals surface area contributed by atoms with Gasteiger partial charge in [0.15, 0.2) is 0 Å². The Bertz CT molecular complexity index is 349. The van der Waals surface area contributed by atoms with Gasteiger partial charge in [-0.2, -0.15) is 0 Å². The summed E-state index contributed by atoms with van der Waals surface area (Å²) in [5.41, 5.74) is 6.03. The van der Waals surface area contributed by atoms with Gasteiger partial charge < -0.3 is 20.9 Å². The Morgan fingerprint density at radius 2 is 1.95 bits per heavy atom. The summed E-state index contributed by atoms with van der Waals surface area (Å²) in [7, 11) is 1.34. The van der Waals surface area contributed by atoms with Crippen molar-refractivity contribution in [2.24, 2.45) is 17.6 Å². The van der Waals surface area contributed by atoms with Crippen molar-refractivity contribution in [1.29, 1.82) is 0 Å². The lowest BCUT2D eigenvalue weighted by Gasteiger charge is -2.20. The molecule has 4 atom stereocenters. The molecule has 0 radical (unpaired) electrons. The Labute approximate surface area is 126 Å². The van der Waals surface area contributed by atoms with Crippen LogP contribution in [0.2, 0.25) is 0 Å². The molecule has 6 heteroatoms. The minimum atomic E-state index is -0.688. The van der Waals surface area contributed by atoms with Gasteiger partial charge in [-0.25, -0.2) is 0 Å². The van der Waals surface area contributed by atoms with Crippen molar-refractivity contribution in [3.63, 3.8) is 0 Å². The summed E-state index contributed by atoms with van der Waals surface area (Å²) >= 11 is 0. The fourth-order valence-electron chi connectivity index (χ4n) is 3.05. The molecule has 0 heterocycles. The molecular weight excluding hydrogens is 272 g/mol. The molecule has 1 rings (SSSR count). The maximum absolute atomic E-state index is 11.5. The van der Waals surface area contributed by atoms with E-state index in [-0.39, 0.29) is 23.8 Å². The number of carbonyl (C=O) groups is 2. The van der Waals surface area contributed by atoms with E-state index in [4.69, 9.17) is 10.5 Å². The molecule has 6 nitrogen and oxygen atoms in total. The highest BCUT2D eigenvalue weighted by Gasteiger charge is 2.44. The van der Waals surface area contributed by atoms with Crippen molar-refractivity contribution in [3.05, 3.63) is 0 Å². The average molecular weight is 300 g/mol. The van der Waals surface area contributed by atoms with Crippen molar-refractivity contribution >= 4 is 11.9 Å². The highest BCUT2D eigenvalue weighted by atomic mass is 16.5. The smallest absolute Gasteiger partial charge is 0.311 e. The number of hydrogen-bond donors (Lipinski definition) is 3. The number of nitrogens with two attached hydrogens (primary N) is 1. The van der Waals surface area contributed by atoms with Gasteiger partial charge in [-0.05, 0) is 19.3 Å². The van der Waals surface area contributed by atoms with E-state index in [2.05, 4.69) is 5.32 Å². The van der Waals surface area contributed by atoms with E-state index >= 15 is 0 Å². The molecule has 0 aromatic rings. The van der Waals surface area contributed by atoms with E-state index in [1.165, 1.54) is 14.0 Å². The van der Waals surface area contributed by atoms with E-state index < -0.39 is 12.0 Å². The zero-order valence-corrected chi connectivity index (χ0v) is 13.0. The Morgan fingerprint density at radius 1 is 1.29 bits per heavy atom. The number of methoxy groups -OCH3 is 1. The lowest BCUT2D eigenvalue weighted by Crippen LogP contribution is -2.31. The third-order valence-corrected chi connectivity index (χ3v) is 4.27. The van der Waals surface area contributed by atoms with Crippen LogP contribution in [0.5, 0.6) is 0 Å². The Balaban J connectivity index is 2.20. The second-order valence-corrected chi connectivity index (χ2v) is 5.87. The maximum Gasteiger partial charge on any atom is 0.311 e. The standard InChI is InChI=1S/C15H28N2O4/c1-10(18)17-8-6-4-3-5-7-11-13(16)9-12(14(11)19)15(20)21-2/h11-14,19H,3-9,16H2,1-2H3,(H,17,18). The van der Waals surface area contributed by atoms with E-state index in [0.29, 0.717) is 13.0 Å². The molecule has 0 aromatic heterocycles. The van der Waals surface area contributed by atoms with Crippen LogP contribution in [0.1, 0.15) is 45.4 Å². The minimum absolute atomic E-state index is 0.00361. The van der Waals surface area contributed by atoms with Crippen molar-refractivity contribution in [2.75, 3.05) is 13.7 Å². The molecule has 1 fully saturated rings. The van der Waals surface area contributed by atoms with Crippen LogP contribution in [0.3, 0.4) is 0 Å². The zero-order chi connectivity index (χ0) is 15.8. The molecule has 1 aliphatic carbocycles. The first kappa shape index (κ1) is 17.9. The fraction of sp³-hybridized carbons (Fsp3) is 0.867. The normalized spacial score (nSPS) is 28.4. The summed E-state index contributed by atoms with van der Waals surface area (Å²) < 4.78 is 4.70. The average Bonchev–Trinajstić information content (AvgIpc) is 2.72. The number of aliphatic hydroxyl groups is 1. The second kappa shape index (κ2) is 9.00. The van der Waals surface area contributed by atoms with Gasteiger partial charge >= 0.3 is 5.97 Å². The van der Waals surface area contributed by atoms with Crippen LogP contribution in [0.25, 0.3) is 0 Å². The van der Waals surface area contributed by atoms with Crippen LogP contribution in [0.15, 0.2) is 0 Å². The van der Waals surface area contributed by atoms with Crippen LogP contribution in [0, 0.1) is 11.8 Å². The molecule has 4 unspecified atom stereocenters. The van der Waals surface area contributed by atoms with Crippen molar-refractivity contribution in [3.8, 4) is 0 Å². The molecule has 1 amide bonds. The third-order valence-electron chi connectivity index (χ3n) is 4.27. The van der Waals surface area contributed by atoms with Gasteiger partial charge in [0.25, 0.3) is 0 Å². The highest BCUT2D eigenvalue weighted by Crippen LogP contribution is 2.34. The molecule has 122 valence electrons. The molecule has 21 heavy (non-hydrogen) atoms. The number of nitrogens with one attached hydrogen (secondary N) is 1. The first-order valence-electron chi connectivity index (χ1n) is 7.73. The van der Waals surface area contributed by atoms with Gasteiger partial charge in [0.2, 0.25) is 5.91 Å². The first-order valence-corrected chi connectivity index (χ1v) is 7.73. The molecule has 1 saturated carbocycles. The summed E-state index contributed by atoms with van der Waals surface area (Å²) in [5, 5.41) is 13.0. The first-order chi connectivity index (χ1) is 9.97. The summed E-state index contributed by atoms with van der Waals surface area (Å²) in [4.78, 5) is 22.2. The van der Waals surface area contributed by atoms with Crippen LogP contribution in [0.4, 0.5) is 0 Å². The predicted octanol–water partition coefficient (Wildman–Crippen LogP) is 0.570. The number of carbonyl (C=O) groups excluding carboxylic acids is 2. The van der Waals surface area contributed by atoms with Crippen LogP contribution >= 0.6 is 0 Å². The molecule has 0 aromatic carbocycles. The topological polar surface area (TPSA) is 102 Å². The number of hydrogen-bond acceptors (Lipinski definition) is 5. The van der Waals surface area contributed by atoms with Crippen LogP contribution < -0.4 is 11.1 Å². The van der Waals surface area contributed by atoms with E-state index in [9.17, 15) is 14.7 Å². The van der Waals surface area contributed by atoms with E-state index in [0.717, 1.165) is 32.1 Å². The van der Waals surface area contributed by atoms with Crippen molar-refractivity contribution in [2.45, 2.75) is 57.6 Å². The molecule has 4 N–H and O–H groups in total. The number of amides is 1. The number of rotatable bonds is 8. The third kappa shape index (κ3) is 5.63. The van der Waals surface area contributed by atoms with Gasteiger partial charge in [-0.15, -0.1) is 0 Å². The zero-order valence-electron chi connectivity index (χ0n) is 13.0. The Kier molecular flexibility index (Phi) is 7.67. The molecular formula is C15H28N2O4. The largest absolute Gasteiger partial charge is 0.469 e.